The molecule has 0 atom stereocenters. The van der Waals surface area contributed by atoms with Gasteiger partial charge in [0, 0.05) is 31.3 Å². The van der Waals surface area contributed by atoms with Crippen LogP contribution in [0.1, 0.15) is 36.2 Å². The van der Waals surface area contributed by atoms with Gasteiger partial charge in [-0.1, -0.05) is 18.2 Å². The number of para-hydroxylation sites is 1. The molecule has 0 bridgehead atoms. The van der Waals surface area contributed by atoms with E-state index in [4.69, 9.17) is 0 Å². The van der Waals surface area contributed by atoms with E-state index in [9.17, 15) is 13.6 Å². The van der Waals surface area contributed by atoms with Crippen LogP contribution in [0.15, 0.2) is 24.3 Å². The third kappa shape index (κ3) is 2.75. The highest BCUT2D eigenvalue weighted by Crippen LogP contribution is 2.33. The Balaban J connectivity index is 1.76. The van der Waals surface area contributed by atoms with Gasteiger partial charge in [0.15, 0.2) is 5.69 Å². The summed E-state index contributed by atoms with van der Waals surface area (Å²) in [4.78, 5) is 12.3. The summed E-state index contributed by atoms with van der Waals surface area (Å²) in [5.41, 5.74) is 1.23. The molecule has 1 saturated carbocycles. The molecule has 1 heterocycles. The largest absolute Gasteiger partial charge is 0.348 e. The highest BCUT2D eigenvalue weighted by Gasteiger charge is 2.35. The lowest BCUT2D eigenvalue weighted by atomic mass is 9.92. The Bertz CT molecular complexity index is 671. The molecular formula is C15H17F2N3O. The first-order valence-corrected chi connectivity index (χ1v) is 7.07. The topological polar surface area (TPSA) is 46.9 Å². The zero-order valence-corrected chi connectivity index (χ0v) is 11.8. The van der Waals surface area contributed by atoms with Crippen molar-refractivity contribution in [3.05, 3.63) is 30.0 Å². The second kappa shape index (κ2) is 5.09. The van der Waals surface area contributed by atoms with Gasteiger partial charge in [-0.2, -0.15) is 5.10 Å². The fourth-order valence-corrected chi connectivity index (χ4v) is 2.82. The number of aryl methyl sites for hydroxylation is 1. The number of nitrogens with zero attached hydrogens (tertiary/aromatic N) is 2. The van der Waals surface area contributed by atoms with Crippen LogP contribution in [0.4, 0.5) is 8.78 Å². The van der Waals surface area contributed by atoms with E-state index < -0.39 is 5.92 Å². The normalized spacial score (nSPS) is 18.8. The summed E-state index contributed by atoms with van der Waals surface area (Å²) < 4.78 is 27.9. The maximum atomic E-state index is 13.1. The highest BCUT2D eigenvalue weighted by molar-refractivity contribution is 6.04. The quantitative estimate of drug-likeness (QED) is 0.925. The molecule has 0 spiro atoms. The molecule has 0 unspecified atom stereocenters. The number of amides is 1. The van der Waals surface area contributed by atoms with E-state index in [2.05, 4.69) is 10.4 Å². The van der Waals surface area contributed by atoms with Crippen molar-refractivity contribution in [2.45, 2.75) is 37.6 Å². The third-order valence-corrected chi connectivity index (χ3v) is 4.03. The first-order valence-electron chi connectivity index (χ1n) is 7.07. The monoisotopic (exact) mass is 293 g/mol. The minimum atomic E-state index is -2.58. The van der Waals surface area contributed by atoms with E-state index in [1.807, 2.05) is 24.3 Å². The molecule has 2 aromatic rings. The van der Waals surface area contributed by atoms with Crippen LogP contribution in [-0.4, -0.2) is 27.7 Å². The molecule has 112 valence electrons. The molecule has 1 aromatic heterocycles. The van der Waals surface area contributed by atoms with Gasteiger partial charge in [-0.3, -0.25) is 9.48 Å². The van der Waals surface area contributed by atoms with E-state index in [0.717, 1.165) is 10.9 Å². The van der Waals surface area contributed by atoms with Crippen molar-refractivity contribution in [3.8, 4) is 0 Å². The van der Waals surface area contributed by atoms with Crippen LogP contribution >= 0.6 is 0 Å². The van der Waals surface area contributed by atoms with Crippen molar-refractivity contribution < 1.29 is 13.6 Å². The van der Waals surface area contributed by atoms with Crippen molar-refractivity contribution in [2.24, 2.45) is 7.05 Å². The molecule has 1 fully saturated rings. The van der Waals surface area contributed by atoms with Gasteiger partial charge in [0.05, 0.1) is 5.52 Å². The van der Waals surface area contributed by atoms with Crippen LogP contribution in [0.25, 0.3) is 10.9 Å². The van der Waals surface area contributed by atoms with E-state index in [-0.39, 0.29) is 24.8 Å². The van der Waals surface area contributed by atoms with E-state index in [1.165, 1.54) is 0 Å². The number of alkyl halides is 2. The predicted octanol–water partition coefficient (Wildman–Crippen LogP) is 2.88. The third-order valence-electron chi connectivity index (χ3n) is 4.03. The Kier molecular flexibility index (Phi) is 3.39. The van der Waals surface area contributed by atoms with Crippen molar-refractivity contribution >= 4 is 16.8 Å². The molecule has 1 N–H and O–H groups in total. The van der Waals surface area contributed by atoms with Crippen LogP contribution in [0.5, 0.6) is 0 Å². The van der Waals surface area contributed by atoms with Gasteiger partial charge < -0.3 is 5.32 Å². The minimum Gasteiger partial charge on any atom is -0.348 e. The Morgan fingerprint density at radius 2 is 2.00 bits per heavy atom. The number of aromatic nitrogens is 2. The summed E-state index contributed by atoms with van der Waals surface area (Å²) in [5.74, 6) is -2.87. The summed E-state index contributed by atoms with van der Waals surface area (Å²) >= 11 is 0. The Labute approximate surface area is 121 Å². The first kappa shape index (κ1) is 14.0. The number of fused-ring (bicyclic) bond motifs is 1. The molecule has 0 saturated heterocycles. The number of benzene rings is 1. The van der Waals surface area contributed by atoms with E-state index >= 15 is 0 Å². The number of carbonyl (C=O) groups excluding carboxylic acids is 1. The zero-order valence-electron chi connectivity index (χ0n) is 11.8. The van der Waals surface area contributed by atoms with Gasteiger partial charge in [-0.05, 0) is 18.9 Å². The average molecular weight is 293 g/mol. The van der Waals surface area contributed by atoms with Crippen molar-refractivity contribution in [2.75, 3.05) is 0 Å². The number of nitrogens with one attached hydrogen (secondary N) is 1. The van der Waals surface area contributed by atoms with Crippen molar-refractivity contribution in [1.29, 1.82) is 0 Å². The second-order valence-corrected chi connectivity index (χ2v) is 5.59. The number of hydrogen-bond acceptors (Lipinski definition) is 2. The van der Waals surface area contributed by atoms with E-state index in [0.29, 0.717) is 18.5 Å². The fraction of sp³-hybridized carbons (Fsp3) is 0.467. The lowest BCUT2D eigenvalue weighted by molar-refractivity contribution is -0.0399. The van der Waals surface area contributed by atoms with Gasteiger partial charge in [-0.25, -0.2) is 8.78 Å². The fourth-order valence-electron chi connectivity index (χ4n) is 2.82. The molecule has 0 radical (unpaired) electrons. The molecule has 1 aliphatic rings. The Morgan fingerprint density at radius 1 is 1.33 bits per heavy atom. The summed E-state index contributed by atoms with van der Waals surface area (Å²) in [5, 5.41) is 7.85. The smallest absolute Gasteiger partial charge is 0.272 e. The van der Waals surface area contributed by atoms with Gasteiger partial charge in [-0.15, -0.1) is 0 Å². The lowest BCUT2D eigenvalue weighted by Gasteiger charge is -2.28. The molecule has 1 aliphatic carbocycles. The van der Waals surface area contributed by atoms with Crippen LogP contribution < -0.4 is 5.32 Å². The van der Waals surface area contributed by atoms with Crippen LogP contribution in [-0.2, 0) is 7.05 Å². The molecule has 3 rings (SSSR count). The molecular weight excluding hydrogens is 276 g/mol. The molecule has 0 aliphatic heterocycles. The molecule has 21 heavy (non-hydrogen) atoms. The van der Waals surface area contributed by atoms with Crippen LogP contribution in [0.3, 0.4) is 0 Å². The second-order valence-electron chi connectivity index (χ2n) is 5.59. The van der Waals surface area contributed by atoms with Crippen molar-refractivity contribution in [1.82, 2.24) is 15.1 Å². The number of carbonyl (C=O) groups is 1. The molecule has 6 heteroatoms. The van der Waals surface area contributed by atoms with Gasteiger partial charge >= 0.3 is 0 Å². The number of hydrogen-bond donors (Lipinski definition) is 1. The highest BCUT2D eigenvalue weighted by atomic mass is 19.3. The standard InChI is InChI=1S/C15H17F2N3O/c1-20-12-5-3-2-4-11(12)13(19-20)14(21)18-10-6-8-15(16,17)9-7-10/h2-5,10H,6-9H2,1H3,(H,18,21). The number of rotatable bonds is 2. The maximum Gasteiger partial charge on any atom is 0.272 e. The Morgan fingerprint density at radius 3 is 2.71 bits per heavy atom. The minimum absolute atomic E-state index is 0.166. The molecule has 1 amide bonds. The number of halogens is 2. The van der Waals surface area contributed by atoms with Crippen LogP contribution in [0.2, 0.25) is 0 Å². The summed E-state index contributed by atoms with van der Waals surface area (Å²) in [6, 6.07) is 7.27. The summed E-state index contributed by atoms with van der Waals surface area (Å²) in [7, 11) is 1.78. The van der Waals surface area contributed by atoms with Gasteiger partial charge in [0.2, 0.25) is 5.92 Å². The zero-order chi connectivity index (χ0) is 15.0. The van der Waals surface area contributed by atoms with Gasteiger partial charge in [0.1, 0.15) is 0 Å². The predicted molar refractivity (Wildman–Crippen MR) is 75.4 cm³/mol. The van der Waals surface area contributed by atoms with Crippen LogP contribution in [0, 0.1) is 0 Å². The van der Waals surface area contributed by atoms with Crippen molar-refractivity contribution in [3.63, 3.8) is 0 Å². The van der Waals surface area contributed by atoms with E-state index in [1.54, 1.807) is 11.7 Å². The first-order chi connectivity index (χ1) is 9.96. The average Bonchev–Trinajstić information content (AvgIpc) is 2.79. The lowest BCUT2D eigenvalue weighted by Crippen LogP contribution is -2.40. The SMILES string of the molecule is Cn1nc(C(=O)NC2CCC(F)(F)CC2)c2ccccc21. The summed E-state index contributed by atoms with van der Waals surface area (Å²) in [6.07, 6.45) is 0.287. The molecule has 1 aromatic carbocycles. The Hall–Kier alpha value is -1.98. The summed E-state index contributed by atoms with van der Waals surface area (Å²) in [6.45, 7) is 0. The molecule has 4 nitrogen and oxygen atoms in total. The van der Waals surface area contributed by atoms with Gasteiger partial charge in [0.25, 0.3) is 5.91 Å². The maximum absolute atomic E-state index is 13.1.